The van der Waals surface area contributed by atoms with Crippen molar-refractivity contribution in [3.63, 3.8) is 0 Å². The van der Waals surface area contributed by atoms with Gasteiger partial charge in [-0.15, -0.1) is 0 Å². The molecule has 2 aromatic carbocycles. The molecule has 0 unspecified atom stereocenters. The molecule has 0 aliphatic rings. The number of pyridine rings is 1. The number of fused-ring (bicyclic) bond motifs is 1. The molecule has 0 saturated heterocycles. The number of hydrogen-bond donors (Lipinski definition) is 2. The molecule has 4 heteroatoms. The van der Waals surface area contributed by atoms with Crippen LogP contribution in [0.2, 0.25) is 0 Å². The molecule has 0 aliphatic heterocycles. The summed E-state index contributed by atoms with van der Waals surface area (Å²) in [5, 5.41) is 1.02. The lowest BCUT2D eigenvalue weighted by Crippen LogP contribution is -2.08. The first-order valence-corrected chi connectivity index (χ1v) is 6.81. The van der Waals surface area contributed by atoms with E-state index in [1.807, 2.05) is 42.5 Å². The fourth-order valence-electron chi connectivity index (χ4n) is 2.24. The second kappa shape index (κ2) is 5.81. The van der Waals surface area contributed by atoms with Crippen LogP contribution in [0.25, 0.3) is 10.9 Å². The van der Waals surface area contributed by atoms with E-state index in [4.69, 9.17) is 10.6 Å². The summed E-state index contributed by atoms with van der Waals surface area (Å²) >= 11 is 0. The van der Waals surface area contributed by atoms with Crippen molar-refractivity contribution in [1.82, 2.24) is 4.98 Å². The minimum Gasteiger partial charge on any atom is -0.487 e. The summed E-state index contributed by atoms with van der Waals surface area (Å²) in [6, 6.07) is 17.9. The molecule has 4 nitrogen and oxygen atoms in total. The summed E-state index contributed by atoms with van der Waals surface area (Å²) in [4.78, 5) is 4.47. The quantitative estimate of drug-likeness (QED) is 0.567. The third-order valence-corrected chi connectivity index (χ3v) is 3.48. The van der Waals surface area contributed by atoms with E-state index in [2.05, 4.69) is 29.5 Å². The summed E-state index contributed by atoms with van der Waals surface area (Å²) in [5.74, 6) is 6.80. The van der Waals surface area contributed by atoms with Gasteiger partial charge >= 0.3 is 0 Å². The minimum atomic E-state index is 0.522. The van der Waals surface area contributed by atoms with Gasteiger partial charge in [0.05, 0.1) is 0 Å². The first-order valence-electron chi connectivity index (χ1n) is 6.81. The van der Waals surface area contributed by atoms with Crippen molar-refractivity contribution in [1.29, 1.82) is 0 Å². The Morgan fingerprint density at radius 3 is 2.71 bits per heavy atom. The van der Waals surface area contributed by atoms with E-state index in [1.54, 1.807) is 0 Å². The second-order valence-electron chi connectivity index (χ2n) is 4.88. The zero-order chi connectivity index (χ0) is 14.7. The molecule has 0 aliphatic carbocycles. The SMILES string of the molecule is Cc1ccccc1COc1cccc2ccc(NN)nc12. The lowest BCUT2D eigenvalue weighted by atomic mass is 10.1. The van der Waals surface area contributed by atoms with E-state index in [0.717, 1.165) is 16.7 Å². The highest BCUT2D eigenvalue weighted by atomic mass is 16.5. The maximum atomic E-state index is 5.95. The minimum absolute atomic E-state index is 0.522. The van der Waals surface area contributed by atoms with Crippen molar-refractivity contribution in [2.45, 2.75) is 13.5 Å². The van der Waals surface area contributed by atoms with Gasteiger partial charge in [-0.2, -0.15) is 0 Å². The standard InChI is InChI=1S/C17H17N3O/c1-12-5-2-3-6-14(12)11-21-15-8-4-7-13-9-10-16(20-18)19-17(13)15/h2-10H,11,18H2,1H3,(H,19,20). The van der Waals surface area contributed by atoms with Crippen LogP contribution in [-0.2, 0) is 6.61 Å². The molecule has 3 aromatic rings. The van der Waals surface area contributed by atoms with Gasteiger partial charge in [-0.05, 0) is 36.2 Å². The number of ether oxygens (including phenoxy) is 1. The van der Waals surface area contributed by atoms with Crippen LogP contribution >= 0.6 is 0 Å². The average molecular weight is 279 g/mol. The lowest BCUT2D eigenvalue weighted by Gasteiger charge is -2.11. The Kier molecular flexibility index (Phi) is 3.71. The maximum absolute atomic E-state index is 5.95. The van der Waals surface area contributed by atoms with E-state index in [9.17, 15) is 0 Å². The van der Waals surface area contributed by atoms with Gasteiger partial charge in [-0.1, -0.05) is 36.4 Å². The van der Waals surface area contributed by atoms with Crippen molar-refractivity contribution < 1.29 is 4.74 Å². The highest BCUT2D eigenvalue weighted by Crippen LogP contribution is 2.26. The number of benzene rings is 2. The van der Waals surface area contributed by atoms with Gasteiger partial charge in [0.25, 0.3) is 0 Å². The van der Waals surface area contributed by atoms with Gasteiger partial charge in [0.1, 0.15) is 23.7 Å². The predicted molar refractivity (Wildman–Crippen MR) is 85.1 cm³/mol. The number of para-hydroxylation sites is 1. The van der Waals surface area contributed by atoms with Gasteiger partial charge < -0.3 is 10.2 Å². The van der Waals surface area contributed by atoms with E-state index in [0.29, 0.717) is 12.4 Å². The van der Waals surface area contributed by atoms with Gasteiger partial charge in [0.15, 0.2) is 0 Å². The molecule has 21 heavy (non-hydrogen) atoms. The van der Waals surface area contributed by atoms with Crippen LogP contribution in [0.1, 0.15) is 11.1 Å². The topological polar surface area (TPSA) is 60.2 Å². The van der Waals surface area contributed by atoms with Crippen molar-refractivity contribution in [3.05, 3.63) is 65.7 Å². The number of nitrogens with zero attached hydrogens (tertiary/aromatic N) is 1. The molecule has 0 atom stereocenters. The van der Waals surface area contributed by atoms with E-state index < -0.39 is 0 Å². The number of rotatable bonds is 4. The van der Waals surface area contributed by atoms with Gasteiger partial charge in [0.2, 0.25) is 0 Å². The highest BCUT2D eigenvalue weighted by Gasteiger charge is 2.06. The van der Waals surface area contributed by atoms with Crippen LogP contribution in [0.5, 0.6) is 5.75 Å². The van der Waals surface area contributed by atoms with Gasteiger partial charge in [-0.3, -0.25) is 0 Å². The number of anilines is 1. The van der Waals surface area contributed by atoms with Crippen LogP contribution in [-0.4, -0.2) is 4.98 Å². The van der Waals surface area contributed by atoms with E-state index >= 15 is 0 Å². The van der Waals surface area contributed by atoms with Crippen LogP contribution < -0.4 is 16.0 Å². The fourth-order valence-corrected chi connectivity index (χ4v) is 2.24. The summed E-state index contributed by atoms with van der Waals surface area (Å²) in [5.41, 5.74) is 5.76. The largest absolute Gasteiger partial charge is 0.487 e. The number of hydrazine groups is 1. The molecule has 3 N–H and O–H groups in total. The Morgan fingerprint density at radius 2 is 1.90 bits per heavy atom. The molecule has 0 radical (unpaired) electrons. The maximum Gasteiger partial charge on any atom is 0.146 e. The molecule has 106 valence electrons. The molecule has 1 heterocycles. The second-order valence-corrected chi connectivity index (χ2v) is 4.88. The normalized spacial score (nSPS) is 10.6. The number of aromatic nitrogens is 1. The Morgan fingerprint density at radius 1 is 1.05 bits per heavy atom. The molecular formula is C17H17N3O. The summed E-state index contributed by atoms with van der Waals surface area (Å²) in [7, 11) is 0. The first kappa shape index (κ1) is 13.4. The molecular weight excluding hydrogens is 262 g/mol. The zero-order valence-electron chi connectivity index (χ0n) is 11.8. The monoisotopic (exact) mass is 279 g/mol. The molecule has 1 aromatic heterocycles. The number of aryl methyl sites for hydroxylation is 1. The Bertz CT molecular complexity index is 771. The number of hydrogen-bond acceptors (Lipinski definition) is 4. The van der Waals surface area contributed by atoms with Crippen molar-refractivity contribution in [2.75, 3.05) is 5.43 Å². The van der Waals surface area contributed by atoms with Crippen LogP contribution in [0, 0.1) is 6.92 Å². The summed E-state index contributed by atoms with van der Waals surface area (Å²) in [6.45, 7) is 2.60. The van der Waals surface area contributed by atoms with Gasteiger partial charge in [-0.25, -0.2) is 10.8 Å². The molecule has 0 fully saturated rings. The Labute approximate surface area is 123 Å². The van der Waals surface area contributed by atoms with Crippen molar-refractivity contribution in [2.24, 2.45) is 5.84 Å². The first-order chi connectivity index (χ1) is 10.3. The van der Waals surface area contributed by atoms with E-state index in [-0.39, 0.29) is 0 Å². The molecule has 0 saturated carbocycles. The third kappa shape index (κ3) is 2.80. The molecule has 0 amide bonds. The lowest BCUT2D eigenvalue weighted by molar-refractivity contribution is 0.308. The van der Waals surface area contributed by atoms with Crippen LogP contribution in [0.4, 0.5) is 5.82 Å². The Hall–Kier alpha value is -2.59. The summed E-state index contributed by atoms with van der Waals surface area (Å²) < 4.78 is 5.95. The molecule has 0 spiro atoms. The molecule has 0 bridgehead atoms. The summed E-state index contributed by atoms with van der Waals surface area (Å²) in [6.07, 6.45) is 0. The van der Waals surface area contributed by atoms with Crippen molar-refractivity contribution in [3.8, 4) is 5.75 Å². The van der Waals surface area contributed by atoms with Crippen LogP contribution in [0.3, 0.4) is 0 Å². The average Bonchev–Trinajstić information content (AvgIpc) is 2.53. The van der Waals surface area contributed by atoms with Crippen molar-refractivity contribution >= 4 is 16.7 Å². The van der Waals surface area contributed by atoms with Gasteiger partial charge in [0, 0.05) is 5.39 Å². The fraction of sp³-hybridized carbons (Fsp3) is 0.118. The zero-order valence-corrected chi connectivity index (χ0v) is 11.8. The number of nitrogens with one attached hydrogen (secondary N) is 1. The number of nitrogen functional groups attached to an aromatic ring is 1. The smallest absolute Gasteiger partial charge is 0.146 e. The highest BCUT2D eigenvalue weighted by molar-refractivity contribution is 5.85. The Balaban J connectivity index is 1.91. The third-order valence-electron chi connectivity index (χ3n) is 3.48. The van der Waals surface area contributed by atoms with Crippen LogP contribution in [0.15, 0.2) is 54.6 Å². The predicted octanol–water partition coefficient (Wildman–Crippen LogP) is 3.41. The van der Waals surface area contributed by atoms with E-state index in [1.165, 1.54) is 11.1 Å². The molecule has 3 rings (SSSR count). The number of nitrogens with two attached hydrogens (primary N) is 1.